The quantitative estimate of drug-likeness (QED) is 0.868. The topological polar surface area (TPSA) is 34.1 Å². The van der Waals surface area contributed by atoms with Crippen molar-refractivity contribution in [3.63, 3.8) is 0 Å². The van der Waals surface area contributed by atoms with Gasteiger partial charge in [-0.3, -0.25) is 4.98 Å². The number of hydrogen-bond acceptors (Lipinski definition) is 3. The van der Waals surface area contributed by atoms with Gasteiger partial charge in [-0.05, 0) is 24.3 Å². The second kappa shape index (κ2) is 3.92. The highest BCUT2D eigenvalue weighted by Crippen LogP contribution is 2.28. The Bertz CT molecular complexity index is 525. The van der Waals surface area contributed by atoms with E-state index in [4.69, 9.17) is 16.3 Å². The average Bonchev–Trinajstić information content (AvgIpc) is 2.26. The summed E-state index contributed by atoms with van der Waals surface area (Å²) in [6.45, 7) is 1.52. The van der Waals surface area contributed by atoms with E-state index < -0.39 is 0 Å². The molecule has 1 aromatic heterocycles. The molecule has 0 amide bonds. The first-order chi connectivity index (χ1) is 7.84. The van der Waals surface area contributed by atoms with E-state index in [0.29, 0.717) is 6.04 Å². The van der Waals surface area contributed by atoms with E-state index in [9.17, 15) is 0 Å². The fourth-order valence-electron chi connectivity index (χ4n) is 1.79. The summed E-state index contributed by atoms with van der Waals surface area (Å²) >= 11 is 6.12. The van der Waals surface area contributed by atoms with Crippen molar-refractivity contribution in [2.45, 2.75) is 6.04 Å². The van der Waals surface area contributed by atoms with Crippen LogP contribution in [0.25, 0.3) is 10.9 Å². The lowest BCUT2D eigenvalue weighted by Crippen LogP contribution is -2.40. The number of nitrogens with one attached hydrogen (secondary N) is 1. The predicted octanol–water partition coefficient (Wildman–Crippen LogP) is 2.70. The lowest BCUT2D eigenvalue weighted by atomic mass is 10.1. The highest BCUT2D eigenvalue weighted by atomic mass is 35.5. The maximum Gasteiger partial charge on any atom is 0.0948 e. The van der Waals surface area contributed by atoms with Gasteiger partial charge in [0, 0.05) is 11.6 Å². The number of ether oxygens (including phenoxy) is 1. The van der Waals surface area contributed by atoms with E-state index in [0.717, 1.165) is 34.8 Å². The molecule has 0 saturated carbocycles. The molecule has 3 rings (SSSR count). The second-order valence-corrected chi connectivity index (χ2v) is 4.28. The summed E-state index contributed by atoms with van der Waals surface area (Å²) < 4.78 is 5.13. The Morgan fingerprint density at radius 2 is 2.19 bits per heavy atom. The van der Waals surface area contributed by atoms with Crippen LogP contribution in [-0.2, 0) is 4.74 Å². The maximum absolute atomic E-state index is 6.12. The first-order valence-corrected chi connectivity index (χ1v) is 5.60. The van der Waals surface area contributed by atoms with E-state index in [2.05, 4.69) is 10.3 Å². The highest BCUT2D eigenvalue weighted by molar-refractivity contribution is 6.35. The summed E-state index contributed by atoms with van der Waals surface area (Å²) in [4.78, 5) is 4.37. The molecule has 1 N–H and O–H groups in total. The summed E-state index contributed by atoms with van der Waals surface area (Å²) in [5, 5.41) is 5.12. The van der Waals surface area contributed by atoms with Gasteiger partial charge < -0.3 is 10.1 Å². The van der Waals surface area contributed by atoms with Gasteiger partial charge in [0.15, 0.2) is 0 Å². The third kappa shape index (κ3) is 1.62. The van der Waals surface area contributed by atoms with Crippen molar-refractivity contribution in [1.29, 1.82) is 0 Å². The van der Waals surface area contributed by atoms with Crippen LogP contribution in [0.5, 0.6) is 0 Å². The fraction of sp³-hybridized carbons (Fsp3) is 0.250. The number of aromatic nitrogens is 1. The molecule has 1 aromatic carbocycles. The van der Waals surface area contributed by atoms with Crippen molar-refractivity contribution in [3.05, 3.63) is 35.5 Å². The summed E-state index contributed by atoms with van der Waals surface area (Å²) in [6.07, 6.45) is 1.78. The molecule has 1 aliphatic rings. The minimum Gasteiger partial charge on any atom is -0.377 e. The molecule has 2 heterocycles. The highest BCUT2D eigenvalue weighted by Gasteiger charge is 2.19. The van der Waals surface area contributed by atoms with Crippen molar-refractivity contribution in [3.8, 4) is 0 Å². The van der Waals surface area contributed by atoms with Crippen molar-refractivity contribution >= 4 is 28.2 Å². The van der Waals surface area contributed by atoms with Crippen molar-refractivity contribution in [2.24, 2.45) is 0 Å². The molecule has 1 fully saturated rings. The average molecular weight is 235 g/mol. The Morgan fingerprint density at radius 3 is 2.94 bits per heavy atom. The van der Waals surface area contributed by atoms with Crippen LogP contribution in [0.15, 0.2) is 30.5 Å². The molecule has 0 bridgehead atoms. The van der Waals surface area contributed by atoms with Crippen LogP contribution < -0.4 is 5.32 Å². The second-order valence-electron chi connectivity index (χ2n) is 3.87. The van der Waals surface area contributed by atoms with Crippen LogP contribution in [0.2, 0.25) is 5.02 Å². The van der Waals surface area contributed by atoms with Gasteiger partial charge in [0.1, 0.15) is 0 Å². The first kappa shape index (κ1) is 9.87. The van der Waals surface area contributed by atoms with Crippen LogP contribution in [0.4, 0.5) is 5.69 Å². The Hall–Kier alpha value is -1.32. The van der Waals surface area contributed by atoms with Gasteiger partial charge in [0.25, 0.3) is 0 Å². The fourth-order valence-corrected chi connectivity index (χ4v) is 2.01. The Balaban J connectivity index is 2.06. The Kier molecular flexibility index (Phi) is 2.42. The third-order valence-corrected chi connectivity index (χ3v) is 3.04. The molecule has 0 spiro atoms. The smallest absolute Gasteiger partial charge is 0.0948 e. The maximum atomic E-state index is 6.12. The molecule has 16 heavy (non-hydrogen) atoms. The summed E-state index contributed by atoms with van der Waals surface area (Å²) in [5.41, 5.74) is 1.94. The lowest BCUT2D eigenvalue weighted by molar-refractivity contribution is 0.0211. The van der Waals surface area contributed by atoms with Crippen molar-refractivity contribution < 1.29 is 4.74 Å². The number of pyridine rings is 1. The number of anilines is 1. The minimum atomic E-state index is 0.395. The summed E-state index contributed by atoms with van der Waals surface area (Å²) in [6, 6.07) is 8.13. The van der Waals surface area contributed by atoms with Gasteiger partial charge in [-0.25, -0.2) is 0 Å². The largest absolute Gasteiger partial charge is 0.377 e. The van der Waals surface area contributed by atoms with Gasteiger partial charge in [-0.2, -0.15) is 0 Å². The van der Waals surface area contributed by atoms with Gasteiger partial charge >= 0.3 is 0 Å². The normalized spacial score (nSPS) is 16.1. The van der Waals surface area contributed by atoms with E-state index >= 15 is 0 Å². The molecule has 3 nitrogen and oxygen atoms in total. The van der Waals surface area contributed by atoms with Gasteiger partial charge in [-0.15, -0.1) is 0 Å². The van der Waals surface area contributed by atoms with E-state index in [-0.39, 0.29) is 0 Å². The molecule has 4 heteroatoms. The van der Waals surface area contributed by atoms with E-state index in [1.807, 2.05) is 24.3 Å². The number of nitrogens with zero attached hydrogens (tertiary/aromatic N) is 1. The standard InChI is InChI=1S/C12H11ClN2O/c13-10-3-4-11(15-8-6-16-7-8)12-9(10)2-1-5-14-12/h1-5,8,15H,6-7H2. The van der Waals surface area contributed by atoms with Crippen molar-refractivity contribution in [2.75, 3.05) is 18.5 Å². The van der Waals surface area contributed by atoms with Gasteiger partial charge in [0.05, 0.1) is 35.5 Å². The zero-order chi connectivity index (χ0) is 11.0. The van der Waals surface area contributed by atoms with Crippen LogP contribution in [-0.4, -0.2) is 24.2 Å². The van der Waals surface area contributed by atoms with E-state index in [1.165, 1.54) is 0 Å². The molecule has 0 atom stereocenters. The molecule has 82 valence electrons. The molecule has 1 aliphatic heterocycles. The zero-order valence-corrected chi connectivity index (χ0v) is 9.37. The van der Waals surface area contributed by atoms with Crippen LogP contribution in [0.1, 0.15) is 0 Å². The SMILES string of the molecule is Clc1ccc(NC2COC2)c2ncccc12. The Morgan fingerprint density at radius 1 is 1.31 bits per heavy atom. The summed E-state index contributed by atoms with van der Waals surface area (Å²) in [5.74, 6) is 0. The lowest BCUT2D eigenvalue weighted by Gasteiger charge is -2.28. The molecule has 0 unspecified atom stereocenters. The van der Waals surface area contributed by atoms with Crippen LogP contribution in [0.3, 0.4) is 0 Å². The number of halogens is 1. The molecular weight excluding hydrogens is 224 g/mol. The number of fused-ring (bicyclic) bond motifs is 1. The van der Waals surface area contributed by atoms with Gasteiger partial charge in [-0.1, -0.05) is 11.6 Å². The molecule has 2 aromatic rings. The van der Waals surface area contributed by atoms with Crippen molar-refractivity contribution in [1.82, 2.24) is 4.98 Å². The zero-order valence-electron chi connectivity index (χ0n) is 8.61. The van der Waals surface area contributed by atoms with Crippen LogP contribution in [0, 0.1) is 0 Å². The summed E-state index contributed by atoms with van der Waals surface area (Å²) in [7, 11) is 0. The first-order valence-electron chi connectivity index (χ1n) is 5.22. The Labute approximate surface area is 98.4 Å². The minimum absolute atomic E-state index is 0.395. The van der Waals surface area contributed by atoms with Crippen LogP contribution >= 0.6 is 11.6 Å². The van der Waals surface area contributed by atoms with Gasteiger partial charge in [0.2, 0.25) is 0 Å². The molecular formula is C12H11ClN2O. The molecule has 0 radical (unpaired) electrons. The predicted molar refractivity (Wildman–Crippen MR) is 65.0 cm³/mol. The number of hydrogen-bond donors (Lipinski definition) is 1. The number of rotatable bonds is 2. The third-order valence-electron chi connectivity index (χ3n) is 2.71. The molecule has 1 saturated heterocycles. The van der Waals surface area contributed by atoms with E-state index in [1.54, 1.807) is 6.20 Å². The monoisotopic (exact) mass is 234 g/mol. The number of benzene rings is 1. The molecule has 0 aliphatic carbocycles.